The van der Waals surface area contributed by atoms with Crippen LogP contribution in [0.2, 0.25) is 0 Å². The molecule has 0 amide bonds. The first kappa shape index (κ1) is 8.98. The number of fused-ring (bicyclic) bond motifs is 1. The van der Waals surface area contributed by atoms with E-state index in [0.29, 0.717) is 23.5 Å². The van der Waals surface area contributed by atoms with Crippen LogP contribution in [-0.4, -0.2) is 5.78 Å². The predicted molar refractivity (Wildman–Crippen MR) is 53.4 cm³/mol. The molecule has 0 saturated heterocycles. The summed E-state index contributed by atoms with van der Waals surface area (Å²) >= 11 is 0. The van der Waals surface area contributed by atoms with Gasteiger partial charge in [0.1, 0.15) is 0 Å². The fourth-order valence-electron chi connectivity index (χ4n) is 3.07. The summed E-state index contributed by atoms with van der Waals surface area (Å²) in [5.41, 5.74) is 1.17. The van der Waals surface area contributed by atoms with E-state index in [-0.39, 0.29) is 0 Å². The highest BCUT2D eigenvalue weighted by Gasteiger charge is 2.42. The van der Waals surface area contributed by atoms with Crippen molar-refractivity contribution in [3.63, 3.8) is 0 Å². The van der Waals surface area contributed by atoms with Crippen molar-refractivity contribution in [1.29, 1.82) is 0 Å². The largest absolute Gasteiger partial charge is 0.294 e. The molecule has 1 fully saturated rings. The van der Waals surface area contributed by atoms with Crippen molar-refractivity contribution in [3.8, 4) is 0 Å². The number of Topliss-reactive ketones (excluding diaryl/α,β-unsaturated/α-hetero) is 1. The van der Waals surface area contributed by atoms with Gasteiger partial charge in [-0.2, -0.15) is 0 Å². The van der Waals surface area contributed by atoms with E-state index >= 15 is 0 Å². The van der Waals surface area contributed by atoms with E-state index in [0.717, 1.165) is 12.8 Å². The Morgan fingerprint density at radius 3 is 3.00 bits per heavy atom. The molecule has 0 aliphatic heterocycles. The molecule has 1 heteroatoms. The van der Waals surface area contributed by atoms with Crippen LogP contribution in [0.25, 0.3) is 0 Å². The van der Waals surface area contributed by atoms with E-state index in [1.165, 1.54) is 18.4 Å². The van der Waals surface area contributed by atoms with Crippen molar-refractivity contribution in [2.24, 2.45) is 17.8 Å². The molecular formula is C12H18O. The van der Waals surface area contributed by atoms with Gasteiger partial charge < -0.3 is 0 Å². The smallest absolute Gasteiger partial charge is 0.161 e. The second kappa shape index (κ2) is 3.28. The molecule has 0 spiro atoms. The van der Waals surface area contributed by atoms with Gasteiger partial charge in [-0.3, -0.25) is 4.79 Å². The van der Waals surface area contributed by atoms with E-state index in [1.807, 2.05) is 0 Å². The predicted octanol–water partition coefficient (Wildman–Crippen LogP) is 2.96. The molecule has 72 valence electrons. The quantitative estimate of drug-likeness (QED) is 0.603. The van der Waals surface area contributed by atoms with Gasteiger partial charge in [0.15, 0.2) is 5.78 Å². The third-order valence-electron chi connectivity index (χ3n) is 3.81. The van der Waals surface area contributed by atoms with Crippen LogP contribution >= 0.6 is 0 Å². The van der Waals surface area contributed by atoms with Crippen LogP contribution < -0.4 is 0 Å². The Labute approximate surface area is 80.2 Å². The lowest BCUT2D eigenvalue weighted by atomic mass is 9.82. The summed E-state index contributed by atoms with van der Waals surface area (Å²) in [5, 5.41) is 0. The molecule has 0 radical (unpaired) electrons. The molecule has 2 aliphatic rings. The van der Waals surface area contributed by atoms with E-state index in [9.17, 15) is 4.79 Å². The summed E-state index contributed by atoms with van der Waals surface area (Å²) in [6.07, 6.45) is 7.02. The van der Waals surface area contributed by atoms with Crippen LogP contribution in [0.1, 0.15) is 39.5 Å². The second-order valence-electron chi connectivity index (χ2n) is 4.42. The van der Waals surface area contributed by atoms with Crippen molar-refractivity contribution >= 4 is 5.78 Å². The first-order valence-corrected chi connectivity index (χ1v) is 5.50. The van der Waals surface area contributed by atoms with Crippen LogP contribution in [-0.2, 0) is 4.79 Å². The molecule has 0 unspecified atom stereocenters. The van der Waals surface area contributed by atoms with E-state index in [1.54, 1.807) is 0 Å². The Kier molecular flexibility index (Phi) is 2.27. The van der Waals surface area contributed by atoms with Gasteiger partial charge in [-0.1, -0.05) is 26.3 Å². The molecule has 1 saturated carbocycles. The van der Waals surface area contributed by atoms with Crippen molar-refractivity contribution in [2.45, 2.75) is 39.5 Å². The van der Waals surface area contributed by atoms with Crippen molar-refractivity contribution < 1.29 is 4.79 Å². The summed E-state index contributed by atoms with van der Waals surface area (Å²) in [6, 6.07) is 0. The van der Waals surface area contributed by atoms with Gasteiger partial charge in [-0.05, 0) is 36.7 Å². The van der Waals surface area contributed by atoms with Gasteiger partial charge >= 0.3 is 0 Å². The van der Waals surface area contributed by atoms with Gasteiger partial charge in [0, 0.05) is 5.92 Å². The maximum Gasteiger partial charge on any atom is 0.161 e. The van der Waals surface area contributed by atoms with E-state index in [2.05, 4.69) is 19.9 Å². The highest BCUT2D eigenvalue weighted by Crippen LogP contribution is 2.45. The maximum absolute atomic E-state index is 11.8. The van der Waals surface area contributed by atoms with Gasteiger partial charge in [-0.15, -0.1) is 0 Å². The molecule has 0 N–H and O–H groups in total. The summed E-state index contributed by atoms with van der Waals surface area (Å²) in [7, 11) is 0. The monoisotopic (exact) mass is 178 g/mol. The molecule has 0 bridgehead atoms. The van der Waals surface area contributed by atoms with Crippen molar-refractivity contribution in [3.05, 3.63) is 11.6 Å². The molecule has 2 aliphatic carbocycles. The number of hydrogen-bond donors (Lipinski definition) is 0. The summed E-state index contributed by atoms with van der Waals surface area (Å²) in [6.45, 7) is 4.32. The van der Waals surface area contributed by atoms with Gasteiger partial charge in [0.2, 0.25) is 0 Å². The number of allylic oxidation sites excluding steroid dienone is 2. The van der Waals surface area contributed by atoms with Gasteiger partial charge in [-0.25, -0.2) is 0 Å². The zero-order valence-electron chi connectivity index (χ0n) is 8.55. The Hall–Kier alpha value is -0.590. The number of carbonyl (C=O) groups excluding carboxylic acids is 1. The molecule has 0 heterocycles. The number of carbonyl (C=O) groups is 1. The zero-order chi connectivity index (χ0) is 9.42. The van der Waals surface area contributed by atoms with Crippen LogP contribution in [0, 0.1) is 17.8 Å². The standard InChI is InChI=1S/C12H18O/c1-3-9-8(2)12(13)11-7-5-4-6-10(9)11/h7-10H,3-6H2,1-2H3/t8-,9-,10+/m0/s1. The molecule has 0 aromatic carbocycles. The summed E-state index contributed by atoms with van der Waals surface area (Å²) < 4.78 is 0. The summed E-state index contributed by atoms with van der Waals surface area (Å²) in [5.74, 6) is 1.98. The number of rotatable bonds is 1. The minimum Gasteiger partial charge on any atom is -0.294 e. The lowest BCUT2D eigenvalue weighted by Gasteiger charge is -2.22. The normalized spacial score (nSPS) is 38.8. The fraction of sp³-hybridized carbons (Fsp3) is 0.750. The highest BCUT2D eigenvalue weighted by molar-refractivity contribution is 6.00. The van der Waals surface area contributed by atoms with Crippen LogP contribution in [0.3, 0.4) is 0 Å². The highest BCUT2D eigenvalue weighted by atomic mass is 16.1. The van der Waals surface area contributed by atoms with Crippen LogP contribution in [0.15, 0.2) is 11.6 Å². The Bertz CT molecular complexity index is 252. The van der Waals surface area contributed by atoms with E-state index in [4.69, 9.17) is 0 Å². The SMILES string of the molecule is CC[C@H]1[C@H](C)C(=O)C2=CCCC[C@@H]21. The first-order valence-electron chi connectivity index (χ1n) is 5.50. The lowest BCUT2D eigenvalue weighted by molar-refractivity contribution is -0.118. The average molecular weight is 178 g/mol. The first-order chi connectivity index (χ1) is 6.25. The molecular weight excluding hydrogens is 160 g/mol. The Morgan fingerprint density at radius 1 is 1.54 bits per heavy atom. The topological polar surface area (TPSA) is 17.1 Å². The number of ketones is 1. The van der Waals surface area contributed by atoms with E-state index < -0.39 is 0 Å². The third-order valence-corrected chi connectivity index (χ3v) is 3.81. The molecule has 13 heavy (non-hydrogen) atoms. The molecule has 2 rings (SSSR count). The summed E-state index contributed by atoms with van der Waals surface area (Å²) in [4.78, 5) is 11.8. The van der Waals surface area contributed by atoms with Crippen molar-refractivity contribution in [2.75, 3.05) is 0 Å². The minimum absolute atomic E-state index is 0.291. The molecule has 1 nitrogen and oxygen atoms in total. The Balaban J connectivity index is 2.31. The Morgan fingerprint density at radius 2 is 2.31 bits per heavy atom. The van der Waals surface area contributed by atoms with Gasteiger partial charge in [0.25, 0.3) is 0 Å². The van der Waals surface area contributed by atoms with Crippen LogP contribution in [0.4, 0.5) is 0 Å². The average Bonchev–Trinajstić information content (AvgIpc) is 2.41. The molecule has 0 aromatic heterocycles. The van der Waals surface area contributed by atoms with Crippen molar-refractivity contribution in [1.82, 2.24) is 0 Å². The maximum atomic E-state index is 11.8. The zero-order valence-corrected chi connectivity index (χ0v) is 8.55. The van der Waals surface area contributed by atoms with Gasteiger partial charge in [0.05, 0.1) is 0 Å². The molecule has 0 aromatic rings. The second-order valence-corrected chi connectivity index (χ2v) is 4.42. The minimum atomic E-state index is 0.291. The fourth-order valence-corrected chi connectivity index (χ4v) is 3.07. The lowest BCUT2D eigenvalue weighted by Crippen LogP contribution is -2.14. The van der Waals surface area contributed by atoms with Crippen LogP contribution in [0.5, 0.6) is 0 Å². The third kappa shape index (κ3) is 1.25. The number of hydrogen-bond acceptors (Lipinski definition) is 1. The molecule has 3 atom stereocenters.